The van der Waals surface area contributed by atoms with Crippen LogP contribution < -0.4 is 5.32 Å². The highest BCUT2D eigenvalue weighted by Crippen LogP contribution is 2.03. The molecule has 0 bridgehead atoms. The van der Waals surface area contributed by atoms with Gasteiger partial charge in [0, 0.05) is 53.0 Å². The highest BCUT2D eigenvalue weighted by atomic mass is 16.5. The summed E-state index contributed by atoms with van der Waals surface area (Å²) in [6.45, 7) is 8.23. The summed E-state index contributed by atoms with van der Waals surface area (Å²) in [6.07, 6.45) is 1.28. The smallest absolute Gasteiger partial charge is 0.307 e. The number of carbonyl (C=O) groups is 2. The van der Waals surface area contributed by atoms with Crippen LogP contribution in [0.2, 0.25) is 0 Å². The lowest BCUT2D eigenvalue weighted by molar-refractivity contribution is -0.143. The van der Waals surface area contributed by atoms with Gasteiger partial charge in [0.15, 0.2) is 0 Å². The average molecular weight is 315 g/mol. The van der Waals surface area contributed by atoms with Crippen molar-refractivity contribution in [1.29, 1.82) is 0 Å². The van der Waals surface area contributed by atoms with Gasteiger partial charge >= 0.3 is 5.97 Å². The second kappa shape index (κ2) is 11.4. The first-order valence-corrected chi connectivity index (χ1v) is 8.01. The molecule has 1 fully saturated rings. The summed E-state index contributed by atoms with van der Waals surface area (Å²) in [4.78, 5) is 27.5. The van der Waals surface area contributed by atoms with Crippen LogP contribution in [0.15, 0.2) is 0 Å². The van der Waals surface area contributed by atoms with Crippen LogP contribution in [0.3, 0.4) is 0 Å². The molecule has 7 heteroatoms. The Hall–Kier alpha value is -1.18. The van der Waals surface area contributed by atoms with Gasteiger partial charge < -0.3 is 19.7 Å². The predicted octanol–water partition coefficient (Wildman–Crippen LogP) is -0.290. The number of hydrogen-bond donors (Lipinski definition) is 1. The SMILES string of the molecule is CCOC(=O)CCN1CCN(CC(=O)NCCCOC)CC1. The summed E-state index contributed by atoms with van der Waals surface area (Å²) < 4.78 is 9.86. The van der Waals surface area contributed by atoms with E-state index < -0.39 is 0 Å². The Kier molecular flexibility index (Phi) is 9.77. The van der Waals surface area contributed by atoms with E-state index in [-0.39, 0.29) is 11.9 Å². The van der Waals surface area contributed by atoms with Crippen LogP contribution in [0.4, 0.5) is 0 Å². The summed E-state index contributed by atoms with van der Waals surface area (Å²) in [6, 6.07) is 0. The van der Waals surface area contributed by atoms with Crippen molar-refractivity contribution in [3.8, 4) is 0 Å². The number of hydrogen-bond acceptors (Lipinski definition) is 6. The van der Waals surface area contributed by atoms with Gasteiger partial charge in [-0.25, -0.2) is 0 Å². The third kappa shape index (κ3) is 8.31. The highest BCUT2D eigenvalue weighted by molar-refractivity contribution is 5.78. The summed E-state index contributed by atoms with van der Waals surface area (Å²) >= 11 is 0. The lowest BCUT2D eigenvalue weighted by Crippen LogP contribution is -2.49. The highest BCUT2D eigenvalue weighted by Gasteiger charge is 2.19. The molecule has 1 saturated heterocycles. The normalized spacial score (nSPS) is 16.5. The molecule has 128 valence electrons. The fourth-order valence-electron chi connectivity index (χ4n) is 2.36. The summed E-state index contributed by atoms with van der Waals surface area (Å²) in [7, 11) is 1.66. The lowest BCUT2D eigenvalue weighted by Gasteiger charge is -2.34. The molecule has 0 saturated carbocycles. The van der Waals surface area contributed by atoms with Crippen LogP contribution in [-0.2, 0) is 19.1 Å². The second-order valence-corrected chi connectivity index (χ2v) is 5.37. The van der Waals surface area contributed by atoms with Crippen molar-refractivity contribution >= 4 is 11.9 Å². The van der Waals surface area contributed by atoms with Crippen LogP contribution in [0, 0.1) is 0 Å². The largest absolute Gasteiger partial charge is 0.466 e. The van der Waals surface area contributed by atoms with E-state index in [4.69, 9.17) is 9.47 Å². The van der Waals surface area contributed by atoms with Crippen molar-refractivity contribution in [1.82, 2.24) is 15.1 Å². The quantitative estimate of drug-likeness (QED) is 0.441. The number of piperazine rings is 1. The number of amides is 1. The zero-order chi connectivity index (χ0) is 16.2. The van der Waals surface area contributed by atoms with Crippen LogP contribution in [0.25, 0.3) is 0 Å². The van der Waals surface area contributed by atoms with Crippen LogP contribution >= 0.6 is 0 Å². The molecule has 0 aromatic carbocycles. The maximum Gasteiger partial charge on any atom is 0.307 e. The van der Waals surface area contributed by atoms with Crippen molar-refractivity contribution in [2.75, 3.05) is 66.1 Å². The van der Waals surface area contributed by atoms with E-state index in [1.54, 1.807) is 7.11 Å². The van der Waals surface area contributed by atoms with Gasteiger partial charge in [-0.05, 0) is 13.3 Å². The molecule has 1 aliphatic rings. The Balaban J connectivity index is 2.09. The zero-order valence-electron chi connectivity index (χ0n) is 13.8. The van der Waals surface area contributed by atoms with Crippen LogP contribution in [-0.4, -0.2) is 87.8 Å². The van der Waals surface area contributed by atoms with Gasteiger partial charge in [-0.2, -0.15) is 0 Å². The first-order valence-electron chi connectivity index (χ1n) is 8.01. The fraction of sp³-hybridized carbons (Fsp3) is 0.867. The maximum atomic E-state index is 11.8. The van der Waals surface area contributed by atoms with E-state index in [2.05, 4.69) is 15.1 Å². The molecule has 0 unspecified atom stereocenters. The van der Waals surface area contributed by atoms with E-state index in [0.717, 1.165) is 39.1 Å². The molecule has 7 nitrogen and oxygen atoms in total. The Labute approximate surface area is 132 Å². The van der Waals surface area contributed by atoms with Crippen molar-refractivity contribution < 1.29 is 19.1 Å². The van der Waals surface area contributed by atoms with Gasteiger partial charge in [0.25, 0.3) is 0 Å². The Morgan fingerprint density at radius 1 is 1.14 bits per heavy atom. The predicted molar refractivity (Wildman–Crippen MR) is 83.6 cm³/mol. The third-order valence-electron chi connectivity index (χ3n) is 3.62. The number of ether oxygens (including phenoxy) is 2. The zero-order valence-corrected chi connectivity index (χ0v) is 13.8. The van der Waals surface area contributed by atoms with E-state index in [1.807, 2.05) is 6.92 Å². The minimum absolute atomic E-state index is 0.0658. The number of carbonyl (C=O) groups excluding carboxylic acids is 2. The molecule has 1 amide bonds. The van der Waals surface area contributed by atoms with Crippen molar-refractivity contribution in [3.05, 3.63) is 0 Å². The van der Waals surface area contributed by atoms with Gasteiger partial charge in [0.05, 0.1) is 19.6 Å². The number of esters is 1. The number of rotatable bonds is 10. The van der Waals surface area contributed by atoms with Gasteiger partial charge in [-0.1, -0.05) is 0 Å². The molecular weight excluding hydrogens is 286 g/mol. The van der Waals surface area contributed by atoms with E-state index in [9.17, 15) is 9.59 Å². The summed E-state index contributed by atoms with van der Waals surface area (Å²) in [5.74, 6) is -0.0727. The Morgan fingerprint density at radius 2 is 1.82 bits per heavy atom. The van der Waals surface area contributed by atoms with Gasteiger partial charge in [0.1, 0.15) is 0 Å². The second-order valence-electron chi connectivity index (χ2n) is 5.37. The third-order valence-corrected chi connectivity index (χ3v) is 3.62. The summed E-state index contributed by atoms with van der Waals surface area (Å²) in [5, 5.41) is 2.89. The summed E-state index contributed by atoms with van der Waals surface area (Å²) in [5.41, 5.74) is 0. The molecule has 22 heavy (non-hydrogen) atoms. The standard InChI is InChI=1S/C15H29N3O4/c1-3-22-15(20)5-7-17-8-10-18(11-9-17)13-14(19)16-6-4-12-21-2/h3-13H2,1-2H3,(H,16,19). The molecule has 0 aliphatic carbocycles. The van der Waals surface area contributed by atoms with Crippen LogP contribution in [0.1, 0.15) is 19.8 Å². The van der Waals surface area contributed by atoms with Crippen LogP contribution in [0.5, 0.6) is 0 Å². The minimum atomic E-state index is -0.139. The topological polar surface area (TPSA) is 71.1 Å². The van der Waals surface area contributed by atoms with Gasteiger partial charge in [-0.3, -0.25) is 14.5 Å². The Morgan fingerprint density at radius 3 is 2.45 bits per heavy atom. The molecule has 0 atom stereocenters. The number of nitrogens with one attached hydrogen (secondary N) is 1. The van der Waals surface area contributed by atoms with Gasteiger partial charge in [-0.15, -0.1) is 0 Å². The fourth-order valence-corrected chi connectivity index (χ4v) is 2.36. The first-order chi connectivity index (χ1) is 10.7. The maximum absolute atomic E-state index is 11.8. The minimum Gasteiger partial charge on any atom is -0.466 e. The molecule has 0 spiro atoms. The lowest BCUT2D eigenvalue weighted by atomic mass is 10.3. The number of nitrogens with zero attached hydrogens (tertiary/aromatic N) is 2. The first kappa shape index (κ1) is 18.9. The Bertz CT molecular complexity index is 331. The van der Waals surface area contributed by atoms with Crippen molar-refractivity contribution in [2.45, 2.75) is 19.8 Å². The van der Waals surface area contributed by atoms with E-state index >= 15 is 0 Å². The van der Waals surface area contributed by atoms with Gasteiger partial charge in [0.2, 0.25) is 5.91 Å². The molecule has 1 heterocycles. The molecule has 0 aromatic rings. The molecule has 1 aliphatic heterocycles. The number of methoxy groups -OCH3 is 1. The molecule has 0 radical (unpaired) electrons. The average Bonchev–Trinajstić information content (AvgIpc) is 2.51. The molecule has 1 rings (SSSR count). The van der Waals surface area contributed by atoms with E-state index in [1.165, 1.54) is 0 Å². The van der Waals surface area contributed by atoms with Crippen molar-refractivity contribution in [3.63, 3.8) is 0 Å². The molecular formula is C15H29N3O4. The van der Waals surface area contributed by atoms with Crippen molar-refractivity contribution in [2.24, 2.45) is 0 Å². The van der Waals surface area contributed by atoms with E-state index in [0.29, 0.717) is 32.7 Å². The molecule has 0 aromatic heterocycles. The molecule has 1 N–H and O–H groups in total. The monoisotopic (exact) mass is 315 g/mol.